The molecule has 2 aromatic heterocycles. The Kier molecular flexibility index (Phi) is 2.64. The second kappa shape index (κ2) is 4.29. The monoisotopic (exact) mass is 232 g/mol. The van der Waals surface area contributed by atoms with Crippen molar-refractivity contribution < 1.29 is 0 Å². The Labute approximate surface area is 99.4 Å². The molecule has 6 heteroatoms. The fourth-order valence-corrected chi connectivity index (χ4v) is 2.23. The lowest BCUT2D eigenvalue weighted by atomic mass is 10.3. The summed E-state index contributed by atoms with van der Waals surface area (Å²) < 4.78 is 2.23. The molecule has 6 nitrogen and oxygen atoms in total. The average molecular weight is 232 g/mol. The predicted molar refractivity (Wildman–Crippen MR) is 62.2 cm³/mol. The number of hydrogen-bond acceptors (Lipinski definition) is 4. The Morgan fingerprint density at radius 3 is 3.29 bits per heavy atom. The largest absolute Gasteiger partial charge is 0.314 e. The quantitative estimate of drug-likeness (QED) is 0.818. The lowest BCUT2D eigenvalue weighted by molar-refractivity contribution is 0.511. The van der Waals surface area contributed by atoms with Crippen LogP contribution in [0, 0.1) is 0 Å². The van der Waals surface area contributed by atoms with Crippen molar-refractivity contribution >= 4 is 0 Å². The van der Waals surface area contributed by atoms with Crippen molar-refractivity contribution in [3.63, 3.8) is 0 Å². The van der Waals surface area contributed by atoms with Gasteiger partial charge < -0.3 is 9.88 Å². The summed E-state index contributed by atoms with van der Waals surface area (Å²) in [6, 6.07) is 2.17. The first kappa shape index (κ1) is 10.5. The van der Waals surface area contributed by atoms with Crippen LogP contribution in [0.15, 0.2) is 12.3 Å². The number of hydrogen-bond donors (Lipinski definition) is 2. The van der Waals surface area contributed by atoms with Crippen molar-refractivity contribution in [1.82, 2.24) is 30.3 Å². The molecule has 0 aliphatic carbocycles. The van der Waals surface area contributed by atoms with Gasteiger partial charge in [0.1, 0.15) is 11.6 Å². The van der Waals surface area contributed by atoms with Crippen LogP contribution in [0.3, 0.4) is 0 Å². The topological polar surface area (TPSA) is 71.4 Å². The van der Waals surface area contributed by atoms with E-state index in [4.69, 9.17) is 0 Å². The van der Waals surface area contributed by atoms with E-state index in [-0.39, 0.29) is 6.04 Å². The lowest BCUT2D eigenvalue weighted by Crippen LogP contribution is -2.21. The van der Waals surface area contributed by atoms with Gasteiger partial charge in [-0.15, -0.1) is 10.2 Å². The summed E-state index contributed by atoms with van der Waals surface area (Å²) in [5.74, 6) is 2.16. The van der Waals surface area contributed by atoms with Crippen LogP contribution in [0.4, 0.5) is 0 Å². The van der Waals surface area contributed by atoms with Gasteiger partial charge in [-0.3, -0.25) is 5.10 Å². The van der Waals surface area contributed by atoms with Crippen LogP contribution in [0.1, 0.15) is 36.7 Å². The minimum atomic E-state index is 0.206. The average Bonchev–Trinajstić information content (AvgIpc) is 3.02. The molecule has 2 N–H and O–H groups in total. The van der Waals surface area contributed by atoms with Crippen molar-refractivity contribution in [2.75, 3.05) is 0 Å². The number of aromatic nitrogens is 5. The van der Waals surface area contributed by atoms with E-state index in [2.05, 4.69) is 37.2 Å². The normalized spacial score (nSPS) is 16.1. The van der Waals surface area contributed by atoms with Gasteiger partial charge in [0, 0.05) is 31.4 Å². The van der Waals surface area contributed by atoms with Crippen LogP contribution >= 0.6 is 0 Å². The number of nitrogens with zero attached hydrogens (tertiary/aromatic N) is 4. The Bertz CT molecular complexity index is 486. The van der Waals surface area contributed by atoms with E-state index in [1.807, 2.05) is 6.07 Å². The number of H-pyrrole nitrogens is 1. The molecular formula is C11H16N6. The standard InChI is InChI=1S/C11H16N6/c1-8(12-7-9-4-5-13-14-9)11-16-15-10-3-2-6-17(10)11/h4-5,8,12H,2-3,6-7H2,1H3,(H,13,14). The molecule has 3 heterocycles. The Morgan fingerprint density at radius 1 is 1.53 bits per heavy atom. The fraction of sp³-hybridized carbons (Fsp3) is 0.545. The van der Waals surface area contributed by atoms with Crippen LogP contribution in [-0.2, 0) is 19.5 Å². The van der Waals surface area contributed by atoms with Gasteiger partial charge in [-0.05, 0) is 19.4 Å². The summed E-state index contributed by atoms with van der Waals surface area (Å²) >= 11 is 0. The zero-order valence-corrected chi connectivity index (χ0v) is 9.85. The molecule has 90 valence electrons. The highest BCUT2D eigenvalue weighted by atomic mass is 15.3. The predicted octanol–water partition coefficient (Wildman–Crippen LogP) is 0.798. The van der Waals surface area contributed by atoms with E-state index in [1.54, 1.807) is 6.20 Å². The zero-order chi connectivity index (χ0) is 11.7. The maximum absolute atomic E-state index is 4.26. The smallest absolute Gasteiger partial charge is 0.149 e. The molecule has 1 unspecified atom stereocenters. The van der Waals surface area contributed by atoms with Gasteiger partial charge in [-0.25, -0.2) is 0 Å². The SMILES string of the molecule is CC(NCc1ccn[nH]1)c1nnc2n1CCC2. The first-order chi connectivity index (χ1) is 8.34. The van der Waals surface area contributed by atoms with Crippen LogP contribution in [0.5, 0.6) is 0 Å². The summed E-state index contributed by atoms with van der Waals surface area (Å²) in [6.45, 7) is 3.93. The molecule has 3 rings (SSSR count). The molecule has 1 aliphatic heterocycles. The Morgan fingerprint density at radius 2 is 2.47 bits per heavy atom. The number of aryl methyl sites for hydroxylation is 1. The molecular weight excluding hydrogens is 216 g/mol. The molecule has 0 fully saturated rings. The second-order valence-corrected chi connectivity index (χ2v) is 4.41. The van der Waals surface area contributed by atoms with Gasteiger partial charge in [-0.2, -0.15) is 5.10 Å². The van der Waals surface area contributed by atoms with Crippen molar-refractivity contribution in [2.45, 2.75) is 38.9 Å². The van der Waals surface area contributed by atoms with Crippen molar-refractivity contribution in [2.24, 2.45) is 0 Å². The molecule has 0 saturated heterocycles. The van der Waals surface area contributed by atoms with Crippen molar-refractivity contribution in [3.8, 4) is 0 Å². The third-order valence-electron chi connectivity index (χ3n) is 3.18. The van der Waals surface area contributed by atoms with Crippen LogP contribution in [0.25, 0.3) is 0 Å². The van der Waals surface area contributed by atoms with Gasteiger partial charge >= 0.3 is 0 Å². The van der Waals surface area contributed by atoms with Gasteiger partial charge in [0.05, 0.1) is 6.04 Å². The first-order valence-corrected chi connectivity index (χ1v) is 5.98. The van der Waals surface area contributed by atoms with Crippen LogP contribution in [-0.4, -0.2) is 25.0 Å². The summed E-state index contributed by atoms with van der Waals surface area (Å²) in [5.41, 5.74) is 1.08. The second-order valence-electron chi connectivity index (χ2n) is 4.41. The third kappa shape index (κ3) is 1.95. The van der Waals surface area contributed by atoms with Crippen LogP contribution in [0.2, 0.25) is 0 Å². The fourth-order valence-electron chi connectivity index (χ4n) is 2.23. The molecule has 0 saturated carbocycles. The van der Waals surface area contributed by atoms with E-state index >= 15 is 0 Å². The Balaban J connectivity index is 1.67. The van der Waals surface area contributed by atoms with Gasteiger partial charge in [0.15, 0.2) is 0 Å². The van der Waals surface area contributed by atoms with Crippen LogP contribution < -0.4 is 5.32 Å². The molecule has 0 bridgehead atoms. The highest BCUT2D eigenvalue weighted by Gasteiger charge is 2.20. The zero-order valence-electron chi connectivity index (χ0n) is 9.85. The maximum atomic E-state index is 4.26. The molecule has 0 amide bonds. The van der Waals surface area contributed by atoms with Crippen molar-refractivity contribution in [3.05, 3.63) is 29.6 Å². The molecule has 0 radical (unpaired) electrons. The highest BCUT2D eigenvalue weighted by Crippen LogP contribution is 2.18. The minimum absolute atomic E-state index is 0.206. The number of aromatic amines is 1. The number of fused-ring (bicyclic) bond motifs is 1. The maximum Gasteiger partial charge on any atom is 0.149 e. The van der Waals surface area contributed by atoms with Gasteiger partial charge in [0.25, 0.3) is 0 Å². The minimum Gasteiger partial charge on any atom is -0.314 e. The van der Waals surface area contributed by atoms with E-state index in [0.29, 0.717) is 0 Å². The molecule has 1 atom stereocenters. The van der Waals surface area contributed by atoms with E-state index < -0.39 is 0 Å². The number of nitrogens with one attached hydrogen (secondary N) is 2. The van der Waals surface area contributed by atoms with Crippen molar-refractivity contribution in [1.29, 1.82) is 0 Å². The first-order valence-electron chi connectivity index (χ1n) is 5.98. The summed E-state index contributed by atoms with van der Waals surface area (Å²) in [7, 11) is 0. The highest BCUT2D eigenvalue weighted by molar-refractivity contribution is 5.05. The molecule has 0 spiro atoms. The lowest BCUT2D eigenvalue weighted by Gasteiger charge is -2.12. The summed E-state index contributed by atoms with van der Waals surface area (Å²) in [5, 5.41) is 18.8. The summed E-state index contributed by atoms with van der Waals surface area (Å²) in [6.07, 6.45) is 4.00. The Hall–Kier alpha value is -1.69. The third-order valence-corrected chi connectivity index (χ3v) is 3.18. The molecule has 17 heavy (non-hydrogen) atoms. The number of rotatable bonds is 4. The molecule has 1 aliphatic rings. The van der Waals surface area contributed by atoms with E-state index in [1.165, 1.54) is 6.42 Å². The van der Waals surface area contributed by atoms with Gasteiger partial charge in [0.2, 0.25) is 0 Å². The molecule has 2 aromatic rings. The molecule has 0 aromatic carbocycles. The van der Waals surface area contributed by atoms with E-state index in [9.17, 15) is 0 Å². The van der Waals surface area contributed by atoms with Gasteiger partial charge in [-0.1, -0.05) is 0 Å². The summed E-state index contributed by atoms with van der Waals surface area (Å²) in [4.78, 5) is 0. The van der Waals surface area contributed by atoms with E-state index in [0.717, 1.165) is 36.9 Å².